The van der Waals surface area contributed by atoms with Crippen molar-refractivity contribution in [3.8, 4) is 5.75 Å². The van der Waals surface area contributed by atoms with Crippen molar-refractivity contribution in [1.82, 2.24) is 0 Å². The number of nitrogens with zero attached hydrogens (tertiary/aromatic N) is 1. The number of hydrogen-bond acceptors (Lipinski definition) is 2. The average molecular weight is 268 g/mol. The molecule has 74 valence electrons. The van der Waals surface area contributed by atoms with E-state index in [0.29, 0.717) is 0 Å². The number of rotatable bonds is 6. The quantitative estimate of drug-likeness (QED) is 0.727. The summed E-state index contributed by atoms with van der Waals surface area (Å²) in [6, 6.07) is 8.14. The van der Waals surface area contributed by atoms with Gasteiger partial charge in [-0.3, -0.25) is 0 Å². The number of para-hydroxylation sites is 1. The maximum absolute atomic E-state index is 5.68. The van der Waals surface area contributed by atoms with Gasteiger partial charge in [-0.1, -0.05) is 0 Å². The van der Waals surface area contributed by atoms with Crippen LogP contribution >= 0.6 is 0 Å². The van der Waals surface area contributed by atoms with Gasteiger partial charge in [-0.25, -0.2) is 0 Å². The molecule has 0 fully saturated rings. The van der Waals surface area contributed by atoms with E-state index in [9.17, 15) is 0 Å². The Morgan fingerprint density at radius 2 is 2.14 bits per heavy atom. The summed E-state index contributed by atoms with van der Waals surface area (Å²) in [5.41, 5.74) is 1.19. The van der Waals surface area contributed by atoms with E-state index in [2.05, 4.69) is 15.9 Å². The Labute approximate surface area is 100 Å². The third-order valence-electron chi connectivity index (χ3n) is 1.98. The van der Waals surface area contributed by atoms with Gasteiger partial charge in [0.1, 0.15) is 0 Å². The van der Waals surface area contributed by atoms with Crippen LogP contribution in [0.15, 0.2) is 27.1 Å². The first kappa shape index (κ1) is 11.8. The van der Waals surface area contributed by atoms with Gasteiger partial charge in [0.25, 0.3) is 0 Å². The summed E-state index contributed by atoms with van der Waals surface area (Å²) in [7, 11) is 0. The Morgan fingerprint density at radius 1 is 1.36 bits per heavy atom. The topological polar surface area (TPSA) is 21.6 Å². The third kappa shape index (κ3) is 3.83. The van der Waals surface area contributed by atoms with Crippen LogP contribution in [0.4, 0.5) is 0 Å². The Bertz CT molecular complexity index is 288. The fraction of sp³-hybridized carbons (Fsp3) is 0.455. The van der Waals surface area contributed by atoms with Crippen molar-refractivity contribution in [2.45, 2.75) is 26.3 Å². The summed E-state index contributed by atoms with van der Waals surface area (Å²) in [6.07, 6.45) is 2.29. The summed E-state index contributed by atoms with van der Waals surface area (Å²) in [5, 5.41) is 0. The van der Waals surface area contributed by atoms with Crippen molar-refractivity contribution in [3.05, 3.63) is 29.8 Å². The van der Waals surface area contributed by atoms with Crippen molar-refractivity contribution in [2.75, 3.05) is 6.61 Å². The molecule has 0 aliphatic carbocycles. The summed E-state index contributed by atoms with van der Waals surface area (Å²) >= 11 is 1.22. The van der Waals surface area contributed by atoms with Crippen LogP contribution in [0.3, 0.4) is 0 Å². The van der Waals surface area contributed by atoms with Gasteiger partial charge < -0.3 is 0 Å². The molecule has 1 rings (SSSR count). The van der Waals surface area contributed by atoms with Gasteiger partial charge in [-0.15, -0.1) is 0 Å². The van der Waals surface area contributed by atoms with E-state index in [1.165, 1.54) is 36.5 Å². The second-order valence-corrected chi connectivity index (χ2v) is 3.90. The molecule has 0 saturated heterocycles. The van der Waals surface area contributed by atoms with Gasteiger partial charge in [0.2, 0.25) is 0 Å². The Balaban J connectivity index is 2.59. The fourth-order valence-electron chi connectivity index (χ4n) is 1.19. The molecule has 0 aromatic heterocycles. The Kier molecular flexibility index (Phi) is 5.93. The van der Waals surface area contributed by atoms with E-state index >= 15 is 0 Å². The summed E-state index contributed by atoms with van der Waals surface area (Å²) in [6.45, 7) is 3.76. The van der Waals surface area contributed by atoms with Crippen molar-refractivity contribution < 1.29 is 29.3 Å². The van der Waals surface area contributed by atoms with Crippen LogP contribution in [0.5, 0.6) is 5.75 Å². The summed E-state index contributed by atoms with van der Waals surface area (Å²) < 4.78 is 9.88. The first-order valence-corrected chi connectivity index (χ1v) is 6.02. The zero-order valence-electron chi connectivity index (χ0n) is 8.49. The summed E-state index contributed by atoms with van der Waals surface area (Å²) in [5.74, 6) is 0.993. The molecule has 0 radical (unpaired) electrons. The molecule has 0 heterocycles. The van der Waals surface area contributed by atoms with Crippen LogP contribution < -0.4 is 4.74 Å². The molecule has 0 spiro atoms. The minimum absolute atomic E-state index is 0.778. The van der Waals surface area contributed by atoms with Crippen LogP contribution in [0.1, 0.15) is 25.3 Å². The number of benzene rings is 1. The molecule has 1 aromatic rings. The van der Waals surface area contributed by atoms with Gasteiger partial charge in [0.15, 0.2) is 0 Å². The van der Waals surface area contributed by atoms with E-state index in [1.54, 1.807) is 0 Å². The second kappa shape index (κ2) is 7.06. The van der Waals surface area contributed by atoms with Gasteiger partial charge in [0.05, 0.1) is 0 Å². The molecule has 0 bridgehead atoms. The average Bonchev–Trinajstić information content (AvgIpc) is 2.21. The third-order valence-corrected chi connectivity index (χ3v) is 2.37. The van der Waals surface area contributed by atoms with Crippen molar-refractivity contribution >= 4 is 0 Å². The summed E-state index contributed by atoms with van der Waals surface area (Å²) in [4.78, 5) is 0. The van der Waals surface area contributed by atoms with Crippen LogP contribution in [0.25, 0.3) is 0 Å². The number of ether oxygens (including phenoxy) is 1. The van der Waals surface area contributed by atoms with E-state index in [1.807, 2.05) is 18.2 Å². The number of hydrogen-bond donors (Lipinski definition) is 0. The molecule has 1 aromatic carbocycles. The van der Waals surface area contributed by atoms with Crippen molar-refractivity contribution in [1.29, 1.82) is 0 Å². The predicted octanol–water partition coefficient (Wildman–Crippen LogP) is 3.10. The molecule has 3 heteroatoms. The number of unbranched alkanes of at least 4 members (excludes halogenated alkanes) is 1. The van der Waals surface area contributed by atoms with Crippen LogP contribution in [-0.4, -0.2) is 6.61 Å². The molecule has 0 amide bonds. The molecule has 0 N–H and O–H groups in total. The van der Waals surface area contributed by atoms with Crippen molar-refractivity contribution in [3.63, 3.8) is 0 Å². The van der Waals surface area contributed by atoms with Gasteiger partial charge in [-0.2, -0.15) is 0 Å². The van der Waals surface area contributed by atoms with Gasteiger partial charge in [-0.05, 0) is 0 Å². The van der Waals surface area contributed by atoms with Crippen LogP contribution in [0, 0.1) is 0 Å². The predicted molar refractivity (Wildman–Crippen MR) is 53.0 cm³/mol. The molecule has 0 unspecified atom stereocenters. The first-order valence-electron chi connectivity index (χ1n) is 4.92. The van der Waals surface area contributed by atoms with E-state index in [-0.39, 0.29) is 0 Å². The Morgan fingerprint density at radius 3 is 2.86 bits per heavy atom. The van der Waals surface area contributed by atoms with Gasteiger partial charge in [0, 0.05) is 0 Å². The first-order chi connectivity index (χ1) is 6.88. The van der Waals surface area contributed by atoms with Crippen LogP contribution in [0.2, 0.25) is 0 Å². The molecule has 14 heavy (non-hydrogen) atoms. The molecule has 0 atom stereocenters. The molecule has 0 saturated carbocycles. The van der Waals surface area contributed by atoms with Crippen LogP contribution in [-0.2, 0) is 31.1 Å². The van der Waals surface area contributed by atoms with Gasteiger partial charge >= 0.3 is 101 Å². The Hall–Kier alpha value is -0.297. The molecule has 0 aliphatic rings. The molecule has 0 aliphatic heterocycles. The zero-order valence-corrected chi connectivity index (χ0v) is 11.0. The second-order valence-electron chi connectivity index (χ2n) is 3.13. The van der Waals surface area contributed by atoms with E-state index in [0.717, 1.165) is 25.3 Å². The van der Waals surface area contributed by atoms with E-state index in [4.69, 9.17) is 4.74 Å². The fourth-order valence-corrected chi connectivity index (χ4v) is 1.61. The molecular formula is C11H15NOZr. The maximum atomic E-state index is 5.68. The monoisotopic (exact) mass is 267 g/mol. The molecule has 2 nitrogen and oxygen atoms in total. The zero-order chi connectivity index (χ0) is 10.2. The SMILES string of the molecule is CCCCOc1ccccc1C[N]=[Zr]. The minimum atomic E-state index is 0.778. The standard InChI is InChI=1S/C11H15NO.Zr/c1-2-3-8-13-11-7-5-4-6-10(11)9-12;/h4-7H,2-3,8-9H2,1H3;. The van der Waals surface area contributed by atoms with Crippen molar-refractivity contribution in [2.24, 2.45) is 2.87 Å². The molecular weight excluding hydrogens is 253 g/mol. The van der Waals surface area contributed by atoms with E-state index < -0.39 is 0 Å². The normalized spacial score (nSPS) is 9.71.